The van der Waals surface area contributed by atoms with E-state index in [0.717, 1.165) is 39.0 Å². The summed E-state index contributed by atoms with van der Waals surface area (Å²) in [6, 6.07) is 9.15. The van der Waals surface area contributed by atoms with E-state index in [2.05, 4.69) is 60.2 Å². The molecule has 0 amide bonds. The molecule has 0 radical (unpaired) electrons. The van der Waals surface area contributed by atoms with Gasteiger partial charge in [0.15, 0.2) is 5.96 Å². The summed E-state index contributed by atoms with van der Waals surface area (Å²) < 4.78 is 0. The topological polar surface area (TPSA) is 53.6 Å². The lowest BCUT2D eigenvalue weighted by molar-refractivity contribution is 0.195. The lowest BCUT2D eigenvalue weighted by atomic mass is 9.99. The van der Waals surface area contributed by atoms with E-state index in [4.69, 9.17) is 5.73 Å². The molecule has 1 unspecified atom stereocenters. The standard InChI is InChI=1S/C18H30N4/c1-14(2)8-10-20-18(19)21-12-15(3)22-11-9-16-6-4-5-7-17(16)13-22/h4-7,14-15H,8-13H2,1-3H3,(H3,19,20,21). The Hall–Kier alpha value is -1.55. The second kappa shape index (κ2) is 8.18. The van der Waals surface area contributed by atoms with E-state index in [1.165, 1.54) is 11.1 Å². The number of rotatable bonds is 6. The fourth-order valence-electron chi connectivity index (χ4n) is 2.78. The van der Waals surface area contributed by atoms with E-state index in [9.17, 15) is 0 Å². The maximum atomic E-state index is 5.93. The van der Waals surface area contributed by atoms with E-state index in [1.807, 2.05) is 0 Å². The van der Waals surface area contributed by atoms with Gasteiger partial charge in [-0.1, -0.05) is 38.1 Å². The molecule has 22 heavy (non-hydrogen) atoms. The van der Waals surface area contributed by atoms with Crippen LogP contribution >= 0.6 is 0 Å². The molecule has 0 bridgehead atoms. The van der Waals surface area contributed by atoms with Gasteiger partial charge in [0.25, 0.3) is 0 Å². The molecule has 2 rings (SSSR count). The minimum Gasteiger partial charge on any atom is -0.370 e. The number of hydrogen-bond donors (Lipinski definition) is 2. The smallest absolute Gasteiger partial charge is 0.188 e. The normalized spacial score (nSPS) is 17.4. The number of nitrogens with zero attached hydrogens (tertiary/aromatic N) is 2. The molecule has 0 spiro atoms. The van der Waals surface area contributed by atoms with Crippen molar-refractivity contribution in [2.75, 3.05) is 19.6 Å². The second-order valence-electron chi connectivity index (χ2n) is 6.67. The van der Waals surface area contributed by atoms with E-state index in [-0.39, 0.29) is 0 Å². The zero-order valence-corrected chi connectivity index (χ0v) is 14.2. The molecule has 4 heteroatoms. The Morgan fingerprint density at radius 1 is 1.27 bits per heavy atom. The van der Waals surface area contributed by atoms with Crippen LogP contribution in [0.3, 0.4) is 0 Å². The molecule has 0 aliphatic carbocycles. The first-order valence-electron chi connectivity index (χ1n) is 8.41. The summed E-state index contributed by atoms with van der Waals surface area (Å²) in [7, 11) is 0. The van der Waals surface area contributed by atoms with Crippen LogP contribution in [0.15, 0.2) is 29.3 Å². The van der Waals surface area contributed by atoms with E-state index < -0.39 is 0 Å². The molecule has 0 aromatic heterocycles. The molecular weight excluding hydrogens is 272 g/mol. The fraction of sp³-hybridized carbons (Fsp3) is 0.611. The summed E-state index contributed by atoms with van der Waals surface area (Å²) in [5.74, 6) is 1.26. The van der Waals surface area contributed by atoms with Crippen molar-refractivity contribution in [3.8, 4) is 0 Å². The van der Waals surface area contributed by atoms with E-state index >= 15 is 0 Å². The summed E-state index contributed by atoms with van der Waals surface area (Å²) in [4.78, 5) is 6.99. The van der Waals surface area contributed by atoms with Crippen molar-refractivity contribution in [1.29, 1.82) is 0 Å². The highest BCUT2D eigenvalue weighted by atomic mass is 15.2. The zero-order valence-electron chi connectivity index (χ0n) is 14.2. The van der Waals surface area contributed by atoms with Crippen LogP contribution in [-0.4, -0.2) is 36.5 Å². The van der Waals surface area contributed by atoms with Crippen molar-refractivity contribution < 1.29 is 0 Å². The van der Waals surface area contributed by atoms with E-state index in [1.54, 1.807) is 0 Å². The summed E-state index contributed by atoms with van der Waals surface area (Å²) in [5, 5.41) is 3.20. The maximum Gasteiger partial charge on any atom is 0.188 e. The Kier molecular flexibility index (Phi) is 6.25. The number of hydrogen-bond acceptors (Lipinski definition) is 2. The lowest BCUT2D eigenvalue weighted by Gasteiger charge is -2.33. The number of nitrogens with one attached hydrogen (secondary N) is 1. The highest BCUT2D eigenvalue weighted by Gasteiger charge is 2.19. The molecule has 1 aromatic rings. The van der Waals surface area contributed by atoms with Gasteiger partial charge in [-0.05, 0) is 36.8 Å². The molecule has 1 atom stereocenters. The van der Waals surface area contributed by atoms with Crippen molar-refractivity contribution in [3.05, 3.63) is 35.4 Å². The third kappa shape index (κ3) is 5.02. The van der Waals surface area contributed by atoms with Crippen molar-refractivity contribution in [1.82, 2.24) is 10.2 Å². The van der Waals surface area contributed by atoms with Crippen LogP contribution in [-0.2, 0) is 13.0 Å². The largest absolute Gasteiger partial charge is 0.370 e. The monoisotopic (exact) mass is 302 g/mol. The molecule has 122 valence electrons. The Labute approximate surface area is 134 Å². The second-order valence-corrected chi connectivity index (χ2v) is 6.67. The first kappa shape index (κ1) is 16.8. The Morgan fingerprint density at radius 3 is 2.73 bits per heavy atom. The molecule has 1 aromatic carbocycles. The van der Waals surface area contributed by atoms with Gasteiger partial charge in [0.1, 0.15) is 0 Å². The fourth-order valence-corrected chi connectivity index (χ4v) is 2.78. The number of fused-ring (bicyclic) bond motifs is 1. The molecule has 1 aliphatic heterocycles. The number of aliphatic imine (C=N–C) groups is 1. The van der Waals surface area contributed by atoms with Gasteiger partial charge in [0.05, 0.1) is 6.54 Å². The average molecular weight is 302 g/mol. The molecule has 4 nitrogen and oxygen atoms in total. The van der Waals surface area contributed by atoms with Crippen LogP contribution < -0.4 is 11.1 Å². The van der Waals surface area contributed by atoms with Crippen molar-refractivity contribution in [2.45, 2.75) is 46.2 Å². The summed E-state index contributed by atoms with van der Waals surface area (Å²) in [6.45, 7) is 10.4. The minimum atomic E-state index is 0.416. The summed E-state index contributed by atoms with van der Waals surface area (Å²) in [6.07, 6.45) is 2.25. The van der Waals surface area contributed by atoms with Gasteiger partial charge in [0, 0.05) is 25.7 Å². The van der Waals surface area contributed by atoms with Crippen molar-refractivity contribution in [2.24, 2.45) is 16.6 Å². The van der Waals surface area contributed by atoms with E-state index in [0.29, 0.717) is 17.9 Å². The third-order valence-corrected chi connectivity index (χ3v) is 4.34. The predicted octanol–water partition coefficient (Wildman–Crippen LogP) is 2.38. The molecule has 0 saturated carbocycles. The van der Waals surface area contributed by atoms with Gasteiger partial charge < -0.3 is 11.1 Å². The van der Waals surface area contributed by atoms with Gasteiger partial charge in [-0.15, -0.1) is 0 Å². The minimum absolute atomic E-state index is 0.416. The van der Waals surface area contributed by atoms with Crippen molar-refractivity contribution in [3.63, 3.8) is 0 Å². The molecule has 1 heterocycles. The first-order chi connectivity index (χ1) is 10.6. The molecular formula is C18H30N4. The zero-order chi connectivity index (χ0) is 15.9. The van der Waals surface area contributed by atoms with Gasteiger partial charge >= 0.3 is 0 Å². The van der Waals surface area contributed by atoms with Gasteiger partial charge in [-0.3, -0.25) is 9.89 Å². The molecule has 0 saturated heterocycles. The van der Waals surface area contributed by atoms with Gasteiger partial charge in [-0.25, -0.2) is 0 Å². The van der Waals surface area contributed by atoms with Gasteiger partial charge in [-0.2, -0.15) is 0 Å². The summed E-state index contributed by atoms with van der Waals surface area (Å²) >= 11 is 0. The quantitative estimate of drug-likeness (QED) is 0.626. The van der Waals surface area contributed by atoms with Crippen LogP contribution in [0.5, 0.6) is 0 Å². The number of nitrogens with two attached hydrogens (primary N) is 1. The van der Waals surface area contributed by atoms with Crippen LogP contribution in [0, 0.1) is 5.92 Å². The highest BCUT2D eigenvalue weighted by Crippen LogP contribution is 2.20. The molecule has 0 fully saturated rings. The van der Waals surface area contributed by atoms with Crippen LogP contribution in [0.2, 0.25) is 0 Å². The number of guanidine groups is 1. The van der Waals surface area contributed by atoms with Crippen LogP contribution in [0.25, 0.3) is 0 Å². The average Bonchev–Trinajstić information content (AvgIpc) is 2.51. The van der Waals surface area contributed by atoms with Gasteiger partial charge in [0.2, 0.25) is 0 Å². The highest BCUT2D eigenvalue weighted by molar-refractivity contribution is 5.77. The lowest BCUT2D eigenvalue weighted by Crippen LogP contribution is -2.40. The Bertz CT molecular complexity index is 496. The SMILES string of the molecule is CC(C)CCNC(N)=NCC(C)N1CCc2ccccc2C1. The van der Waals surface area contributed by atoms with Crippen molar-refractivity contribution >= 4 is 5.96 Å². The first-order valence-corrected chi connectivity index (χ1v) is 8.41. The van der Waals surface area contributed by atoms with Crippen LogP contribution in [0.1, 0.15) is 38.3 Å². The maximum absolute atomic E-state index is 5.93. The molecule has 3 N–H and O–H groups in total. The summed E-state index contributed by atoms with van der Waals surface area (Å²) in [5.41, 5.74) is 8.88. The molecule has 1 aliphatic rings. The van der Waals surface area contributed by atoms with Crippen LogP contribution in [0.4, 0.5) is 0 Å². The predicted molar refractivity (Wildman–Crippen MR) is 94.0 cm³/mol. The Balaban J connectivity index is 1.79. The third-order valence-electron chi connectivity index (χ3n) is 4.34. The Morgan fingerprint density at radius 2 is 2.00 bits per heavy atom. The number of benzene rings is 1.